The highest BCUT2D eigenvalue weighted by molar-refractivity contribution is 6.19. The number of Topliss-reactive ketones (excluding diaryl/α,β-unsaturated/α-hetero) is 1. The van der Waals surface area contributed by atoms with Crippen molar-refractivity contribution in [3.05, 3.63) is 34.4 Å². The Hall–Kier alpha value is -0.820. The highest BCUT2D eigenvalue weighted by Gasteiger charge is 2.08. The van der Waals surface area contributed by atoms with Gasteiger partial charge < -0.3 is 0 Å². The van der Waals surface area contributed by atoms with Crippen molar-refractivity contribution in [1.29, 1.82) is 0 Å². The lowest BCUT2D eigenvalue weighted by Gasteiger charge is -2.10. The van der Waals surface area contributed by atoms with Crippen LogP contribution < -0.4 is 0 Å². The first-order chi connectivity index (χ1) is 7.04. The minimum Gasteiger partial charge on any atom is -0.299 e. The number of carbonyl (C=O) groups excluding carboxylic acids is 1. The minimum atomic E-state index is 0.222. The van der Waals surface area contributed by atoms with Gasteiger partial charge in [0.1, 0.15) is 5.78 Å². The fourth-order valence-electron chi connectivity index (χ4n) is 1.88. The van der Waals surface area contributed by atoms with Crippen molar-refractivity contribution >= 4 is 17.4 Å². The van der Waals surface area contributed by atoms with Crippen molar-refractivity contribution < 1.29 is 4.79 Å². The van der Waals surface area contributed by atoms with Gasteiger partial charge >= 0.3 is 0 Å². The Labute approximate surface area is 96.5 Å². The van der Waals surface area contributed by atoms with E-state index in [1.54, 1.807) is 0 Å². The molecule has 0 spiro atoms. The largest absolute Gasteiger partial charge is 0.299 e. The summed E-state index contributed by atoms with van der Waals surface area (Å²) in [6.45, 7) is 6.19. The van der Waals surface area contributed by atoms with Gasteiger partial charge in [0.2, 0.25) is 0 Å². The van der Waals surface area contributed by atoms with E-state index in [9.17, 15) is 4.79 Å². The Balaban J connectivity index is 2.90. The molecule has 0 N–H and O–H groups in total. The van der Waals surface area contributed by atoms with Crippen LogP contribution >= 0.6 is 11.6 Å². The number of aryl methyl sites for hydroxylation is 3. The first-order valence-corrected chi connectivity index (χ1v) is 5.72. The van der Waals surface area contributed by atoms with Crippen molar-refractivity contribution in [3.63, 3.8) is 0 Å². The van der Waals surface area contributed by atoms with Crippen LogP contribution in [0.1, 0.15) is 28.7 Å². The molecule has 0 heterocycles. The number of hydrogen-bond acceptors (Lipinski definition) is 1. The fraction of sp³-hybridized carbons (Fsp3) is 0.462. The number of hydrogen-bond donors (Lipinski definition) is 0. The highest BCUT2D eigenvalue weighted by Crippen LogP contribution is 2.17. The molecular weight excluding hydrogens is 208 g/mol. The molecule has 1 aromatic carbocycles. The van der Waals surface area contributed by atoms with Crippen LogP contribution in [-0.2, 0) is 11.2 Å². The van der Waals surface area contributed by atoms with Crippen molar-refractivity contribution in [1.82, 2.24) is 0 Å². The first kappa shape index (κ1) is 12.3. The molecule has 0 saturated heterocycles. The van der Waals surface area contributed by atoms with E-state index in [0.29, 0.717) is 18.7 Å². The topological polar surface area (TPSA) is 17.1 Å². The number of alkyl halides is 1. The molecule has 1 nitrogen and oxygen atoms in total. The molecule has 0 aliphatic carbocycles. The Morgan fingerprint density at radius 2 is 1.73 bits per heavy atom. The molecule has 1 rings (SSSR count). The maximum absolute atomic E-state index is 11.5. The van der Waals surface area contributed by atoms with Gasteiger partial charge in [-0.05, 0) is 37.5 Å². The van der Waals surface area contributed by atoms with Crippen molar-refractivity contribution in [2.45, 2.75) is 33.6 Å². The normalized spacial score (nSPS) is 10.4. The SMILES string of the molecule is Cc1cc(C)c(CC(=O)CCCl)c(C)c1. The maximum atomic E-state index is 11.5. The molecule has 0 aromatic heterocycles. The Bertz CT molecular complexity index is 346. The van der Waals surface area contributed by atoms with Gasteiger partial charge in [-0.3, -0.25) is 4.79 Å². The molecule has 2 heteroatoms. The number of carbonyl (C=O) groups is 1. The molecule has 1 aromatic rings. The van der Waals surface area contributed by atoms with E-state index in [2.05, 4.69) is 32.9 Å². The van der Waals surface area contributed by atoms with Crippen LogP contribution in [0.15, 0.2) is 12.1 Å². The lowest BCUT2D eigenvalue weighted by Crippen LogP contribution is -2.06. The van der Waals surface area contributed by atoms with Gasteiger partial charge in [0.05, 0.1) is 0 Å². The van der Waals surface area contributed by atoms with Crippen LogP contribution in [0.4, 0.5) is 0 Å². The van der Waals surface area contributed by atoms with Gasteiger partial charge in [0, 0.05) is 18.7 Å². The minimum absolute atomic E-state index is 0.222. The summed E-state index contributed by atoms with van der Waals surface area (Å²) < 4.78 is 0. The zero-order valence-corrected chi connectivity index (χ0v) is 10.3. The molecule has 0 fully saturated rings. The monoisotopic (exact) mass is 224 g/mol. The number of halogens is 1. The molecule has 0 atom stereocenters. The summed E-state index contributed by atoms with van der Waals surface area (Å²) in [5.41, 5.74) is 4.82. The van der Waals surface area contributed by atoms with Crippen molar-refractivity contribution in [2.24, 2.45) is 0 Å². The van der Waals surface area contributed by atoms with Gasteiger partial charge in [-0.15, -0.1) is 11.6 Å². The molecule has 0 unspecified atom stereocenters. The summed E-state index contributed by atoms with van der Waals surface area (Å²) in [6, 6.07) is 4.24. The average molecular weight is 225 g/mol. The predicted molar refractivity (Wildman–Crippen MR) is 64.7 cm³/mol. The zero-order valence-electron chi connectivity index (χ0n) is 9.56. The van der Waals surface area contributed by atoms with E-state index in [0.717, 1.165) is 5.56 Å². The Morgan fingerprint density at radius 3 is 2.20 bits per heavy atom. The molecule has 82 valence electrons. The van der Waals surface area contributed by atoms with Crippen molar-refractivity contribution in [3.8, 4) is 0 Å². The third kappa shape index (κ3) is 3.35. The zero-order chi connectivity index (χ0) is 11.4. The third-order valence-electron chi connectivity index (χ3n) is 2.59. The standard InChI is InChI=1S/C13H17ClO/c1-9-6-10(2)13(11(3)7-9)8-12(15)4-5-14/h6-7H,4-5,8H2,1-3H3. The van der Waals surface area contributed by atoms with Gasteiger partial charge in [-0.2, -0.15) is 0 Å². The third-order valence-corrected chi connectivity index (χ3v) is 2.78. The molecule has 0 bridgehead atoms. The van der Waals surface area contributed by atoms with Gasteiger partial charge in [0.15, 0.2) is 0 Å². The molecule has 0 aliphatic heterocycles. The predicted octanol–water partition coefficient (Wildman–Crippen LogP) is 3.35. The summed E-state index contributed by atoms with van der Waals surface area (Å²) in [5, 5.41) is 0. The summed E-state index contributed by atoms with van der Waals surface area (Å²) in [4.78, 5) is 11.5. The quantitative estimate of drug-likeness (QED) is 0.717. The van der Waals surface area contributed by atoms with Gasteiger partial charge in [-0.1, -0.05) is 17.7 Å². The first-order valence-electron chi connectivity index (χ1n) is 5.19. The van der Waals surface area contributed by atoms with E-state index in [-0.39, 0.29) is 5.78 Å². The van der Waals surface area contributed by atoms with E-state index in [1.165, 1.54) is 16.7 Å². The summed E-state index contributed by atoms with van der Waals surface area (Å²) >= 11 is 5.55. The van der Waals surface area contributed by atoms with E-state index in [1.807, 2.05) is 0 Å². The van der Waals surface area contributed by atoms with Crippen LogP contribution in [-0.4, -0.2) is 11.7 Å². The smallest absolute Gasteiger partial charge is 0.138 e. The van der Waals surface area contributed by atoms with Crippen LogP contribution in [0.2, 0.25) is 0 Å². The van der Waals surface area contributed by atoms with Crippen LogP contribution in [0.3, 0.4) is 0 Å². The summed E-state index contributed by atoms with van der Waals surface area (Å²) in [7, 11) is 0. The van der Waals surface area contributed by atoms with Gasteiger partial charge in [-0.25, -0.2) is 0 Å². The molecule has 15 heavy (non-hydrogen) atoms. The average Bonchev–Trinajstić information content (AvgIpc) is 2.11. The second kappa shape index (κ2) is 5.32. The molecule has 0 aliphatic rings. The summed E-state index contributed by atoms with van der Waals surface area (Å²) in [5.74, 6) is 0.642. The second-order valence-corrected chi connectivity index (χ2v) is 4.41. The highest BCUT2D eigenvalue weighted by atomic mass is 35.5. The van der Waals surface area contributed by atoms with E-state index in [4.69, 9.17) is 11.6 Å². The molecule has 0 radical (unpaired) electrons. The number of ketones is 1. The fourth-order valence-corrected chi connectivity index (χ4v) is 2.09. The van der Waals surface area contributed by atoms with E-state index >= 15 is 0 Å². The second-order valence-electron chi connectivity index (χ2n) is 4.03. The maximum Gasteiger partial charge on any atom is 0.138 e. The lowest BCUT2D eigenvalue weighted by atomic mass is 9.95. The number of benzene rings is 1. The van der Waals surface area contributed by atoms with Crippen LogP contribution in [0, 0.1) is 20.8 Å². The lowest BCUT2D eigenvalue weighted by molar-refractivity contribution is -0.118. The van der Waals surface area contributed by atoms with Gasteiger partial charge in [0.25, 0.3) is 0 Å². The summed E-state index contributed by atoms with van der Waals surface area (Å²) in [6.07, 6.45) is 0.985. The molecule has 0 saturated carbocycles. The van der Waals surface area contributed by atoms with Crippen molar-refractivity contribution in [2.75, 3.05) is 5.88 Å². The van der Waals surface area contributed by atoms with E-state index < -0.39 is 0 Å². The number of rotatable bonds is 4. The Morgan fingerprint density at radius 1 is 1.20 bits per heavy atom. The van der Waals surface area contributed by atoms with Crippen LogP contribution in [0.5, 0.6) is 0 Å². The molecule has 0 amide bonds. The Kier molecular flexibility index (Phi) is 4.34. The molecular formula is C13H17ClO. The van der Waals surface area contributed by atoms with Crippen LogP contribution in [0.25, 0.3) is 0 Å².